The van der Waals surface area contributed by atoms with Crippen molar-refractivity contribution in [2.75, 3.05) is 6.54 Å². The Kier molecular flexibility index (Phi) is 8.31. The zero-order valence-electron chi connectivity index (χ0n) is 16.5. The van der Waals surface area contributed by atoms with E-state index in [1.165, 1.54) is 12.1 Å². The Bertz CT molecular complexity index is 720. The first kappa shape index (κ1) is 20.9. The van der Waals surface area contributed by atoms with Crippen LogP contribution in [0.15, 0.2) is 55.3 Å². The highest BCUT2D eigenvalue weighted by atomic mass is 19.1. The van der Waals surface area contributed by atoms with Crippen LogP contribution < -0.4 is 0 Å². The molecule has 0 fully saturated rings. The van der Waals surface area contributed by atoms with Gasteiger partial charge in [0.15, 0.2) is 0 Å². The van der Waals surface area contributed by atoms with Gasteiger partial charge >= 0.3 is 0 Å². The SMILES string of the molecule is C=CCN(Cc1cccn1Cc1ccc(F)cc1)C(=O)C(CC)CCCC. The summed E-state index contributed by atoms with van der Waals surface area (Å²) >= 11 is 0. The number of nitrogens with zero attached hydrogens (tertiary/aromatic N) is 2. The summed E-state index contributed by atoms with van der Waals surface area (Å²) in [5.74, 6) is 0.0534. The summed E-state index contributed by atoms with van der Waals surface area (Å²) in [6, 6.07) is 10.6. The molecule has 0 N–H and O–H groups in total. The predicted octanol–water partition coefficient (Wildman–Crippen LogP) is 5.41. The highest BCUT2D eigenvalue weighted by Gasteiger charge is 2.22. The van der Waals surface area contributed by atoms with Crippen molar-refractivity contribution in [2.45, 2.75) is 52.6 Å². The number of aromatic nitrogens is 1. The van der Waals surface area contributed by atoms with Crippen molar-refractivity contribution < 1.29 is 9.18 Å². The summed E-state index contributed by atoms with van der Waals surface area (Å²) in [5.41, 5.74) is 2.10. The van der Waals surface area contributed by atoms with Crippen LogP contribution in [0.3, 0.4) is 0 Å². The molecule has 1 atom stereocenters. The lowest BCUT2D eigenvalue weighted by atomic mass is 9.97. The van der Waals surface area contributed by atoms with E-state index in [-0.39, 0.29) is 17.6 Å². The topological polar surface area (TPSA) is 25.2 Å². The number of benzene rings is 1. The van der Waals surface area contributed by atoms with Gasteiger partial charge in [-0.3, -0.25) is 4.79 Å². The lowest BCUT2D eigenvalue weighted by molar-refractivity contribution is -0.136. The Morgan fingerprint density at radius 2 is 2.00 bits per heavy atom. The van der Waals surface area contributed by atoms with Crippen molar-refractivity contribution in [3.05, 3.63) is 72.3 Å². The number of amides is 1. The van der Waals surface area contributed by atoms with Gasteiger partial charge in [-0.25, -0.2) is 4.39 Å². The van der Waals surface area contributed by atoms with Gasteiger partial charge in [0.05, 0.1) is 6.54 Å². The van der Waals surface area contributed by atoms with Gasteiger partial charge in [0, 0.05) is 30.9 Å². The van der Waals surface area contributed by atoms with E-state index in [1.54, 1.807) is 18.2 Å². The minimum atomic E-state index is -0.230. The van der Waals surface area contributed by atoms with E-state index >= 15 is 0 Å². The smallest absolute Gasteiger partial charge is 0.226 e. The molecule has 0 aliphatic rings. The Hall–Kier alpha value is -2.36. The van der Waals surface area contributed by atoms with Crippen molar-refractivity contribution in [3.63, 3.8) is 0 Å². The first-order valence-corrected chi connectivity index (χ1v) is 9.87. The first-order chi connectivity index (χ1) is 13.1. The summed E-state index contributed by atoms with van der Waals surface area (Å²) < 4.78 is 15.2. The van der Waals surface area contributed by atoms with Crippen LogP contribution in [0.4, 0.5) is 4.39 Å². The average molecular weight is 371 g/mol. The largest absolute Gasteiger partial charge is 0.345 e. The fraction of sp³-hybridized carbons (Fsp3) is 0.435. The number of rotatable bonds is 11. The molecule has 0 aliphatic carbocycles. The van der Waals surface area contributed by atoms with E-state index in [4.69, 9.17) is 0 Å². The average Bonchev–Trinajstić information content (AvgIpc) is 3.10. The van der Waals surface area contributed by atoms with E-state index < -0.39 is 0 Å². The molecule has 1 aromatic heterocycles. The standard InChI is InChI=1S/C23H31FN2O/c1-4-7-9-20(6-3)23(27)26(15-5-2)18-22-10-8-16-25(22)17-19-11-13-21(24)14-12-19/h5,8,10-14,16,20H,2,4,6-7,9,15,17-18H2,1,3H3. The zero-order valence-corrected chi connectivity index (χ0v) is 16.5. The summed E-state index contributed by atoms with van der Waals surface area (Å²) in [7, 11) is 0. The van der Waals surface area contributed by atoms with Crippen LogP contribution in [0.1, 0.15) is 50.8 Å². The highest BCUT2D eigenvalue weighted by Crippen LogP contribution is 2.19. The number of carbonyl (C=O) groups is 1. The second kappa shape index (κ2) is 10.7. The number of hydrogen-bond donors (Lipinski definition) is 0. The second-order valence-corrected chi connectivity index (χ2v) is 7.01. The maximum Gasteiger partial charge on any atom is 0.226 e. The minimum Gasteiger partial charge on any atom is -0.345 e. The van der Waals surface area contributed by atoms with Gasteiger partial charge in [-0.2, -0.15) is 0 Å². The molecule has 1 amide bonds. The molecule has 0 aliphatic heterocycles. The molecule has 0 radical (unpaired) electrons. The van der Waals surface area contributed by atoms with Gasteiger partial charge in [0.1, 0.15) is 5.82 Å². The predicted molar refractivity (Wildman–Crippen MR) is 109 cm³/mol. The summed E-state index contributed by atoms with van der Waals surface area (Å²) in [5, 5.41) is 0. The van der Waals surface area contributed by atoms with E-state index in [1.807, 2.05) is 23.2 Å². The summed E-state index contributed by atoms with van der Waals surface area (Å²) in [6.45, 7) is 9.82. The minimum absolute atomic E-state index is 0.0745. The molecule has 146 valence electrons. The lowest BCUT2D eigenvalue weighted by Gasteiger charge is -2.26. The third-order valence-electron chi connectivity index (χ3n) is 4.95. The number of carbonyl (C=O) groups excluding carboxylic acids is 1. The number of halogens is 1. The second-order valence-electron chi connectivity index (χ2n) is 7.01. The molecule has 0 saturated heterocycles. The Morgan fingerprint density at radius 3 is 2.63 bits per heavy atom. The molecular weight excluding hydrogens is 339 g/mol. The molecule has 1 heterocycles. The van der Waals surface area contributed by atoms with Gasteiger partial charge in [0.25, 0.3) is 0 Å². The molecule has 2 aromatic rings. The van der Waals surface area contributed by atoms with Crippen molar-refractivity contribution in [3.8, 4) is 0 Å². The monoisotopic (exact) mass is 370 g/mol. The van der Waals surface area contributed by atoms with Crippen molar-refractivity contribution >= 4 is 5.91 Å². The van der Waals surface area contributed by atoms with Crippen LogP contribution >= 0.6 is 0 Å². The van der Waals surface area contributed by atoms with Crippen molar-refractivity contribution in [2.24, 2.45) is 5.92 Å². The fourth-order valence-electron chi connectivity index (χ4n) is 3.33. The van der Waals surface area contributed by atoms with E-state index in [0.29, 0.717) is 19.6 Å². The molecule has 4 heteroatoms. The normalized spacial score (nSPS) is 12.0. The van der Waals surface area contributed by atoms with Crippen LogP contribution in [0.25, 0.3) is 0 Å². The first-order valence-electron chi connectivity index (χ1n) is 9.87. The molecule has 0 saturated carbocycles. The van der Waals surface area contributed by atoms with Gasteiger partial charge in [-0.1, -0.05) is 44.9 Å². The Balaban J connectivity index is 2.12. The molecule has 0 spiro atoms. The maximum absolute atomic E-state index is 13.1. The van der Waals surface area contributed by atoms with Crippen LogP contribution in [0.5, 0.6) is 0 Å². The van der Waals surface area contributed by atoms with Gasteiger partial charge in [-0.15, -0.1) is 6.58 Å². The van der Waals surface area contributed by atoms with E-state index in [2.05, 4.69) is 25.0 Å². The van der Waals surface area contributed by atoms with Crippen molar-refractivity contribution in [1.29, 1.82) is 0 Å². The van der Waals surface area contributed by atoms with Crippen LogP contribution in [0, 0.1) is 11.7 Å². The van der Waals surface area contributed by atoms with Crippen LogP contribution in [0.2, 0.25) is 0 Å². The van der Waals surface area contributed by atoms with E-state index in [9.17, 15) is 9.18 Å². The van der Waals surface area contributed by atoms with Gasteiger partial charge in [0.2, 0.25) is 5.91 Å². The third kappa shape index (κ3) is 6.09. The van der Waals surface area contributed by atoms with Crippen molar-refractivity contribution in [1.82, 2.24) is 9.47 Å². The summed E-state index contributed by atoms with van der Waals surface area (Å²) in [4.78, 5) is 14.9. The molecule has 0 bridgehead atoms. The van der Waals surface area contributed by atoms with Crippen LogP contribution in [-0.4, -0.2) is 21.9 Å². The lowest BCUT2D eigenvalue weighted by Crippen LogP contribution is -2.36. The molecule has 27 heavy (non-hydrogen) atoms. The fourth-order valence-corrected chi connectivity index (χ4v) is 3.33. The number of hydrogen-bond acceptors (Lipinski definition) is 1. The van der Waals surface area contributed by atoms with Gasteiger partial charge < -0.3 is 9.47 Å². The quantitative estimate of drug-likeness (QED) is 0.486. The summed E-state index contributed by atoms with van der Waals surface area (Å²) in [6.07, 6.45) is 7.78. The zero-order chi connectivity index (χ0) is 19.6. The molecule has 1 aromatic carbocycles. The third-order valence-corrected chi connectivity index (χ3v) is 4.95. The maximum atomic E-state index is 13.1. The molecular formula is C23H31FN2O. The Labute approximate surface area is 162 Å². The molecule has 1 unspecified atom stereocenters. The number of unbranched alkanes of at least 4 members (excludes halogenated alkanes) is 1. The molecule has 2 rings (SSSR count). The van der Waals surface area contributed by atoms with Gasteiger partial charge in [-0.05, 0) is 42.7 Å². The van der Waals surface area contributed by atoms with E-state index in [0.717, 1.165) is 36.9 Å². The molecule has 3 nitrogen and oxygen atoms in total. The van der Waals surface area contributed by atoms with Crippen LogP contribution in [-0.2, 0) is 17.9 Å². The Morgan fingerprint density at radius 1 is 1.26 bits per heavy atom. The highest BCUT2D eigenvalue weighted by molar-refractivity contribution is 5.78.